The number of allylic oxidation sites excluding steroid dienone is 2. The summed E-state index contributed by atoms with van der Waals surface area (Å²) in [6, 6.07) is 2.21. The first-order valence-electron chi connectivity index (χ1n) is 7.06. The van der Waals surface area contributed by atoms with Crippen LogP contribution in [0.4, 0.5) is 23.2 Å². The number of Topliss-reactive ketones (excluding diaryl/α,β-unsaturated/α-hetero) is 2. The number of carbonyl (C=O) groups is 2. The van der Waals surface area contributed by atoms with Gasteiger partial charge in [-0.25, -0.2) is 14.4 Å². The number of aromatic nitrogens is 2. The summed E-state index contributed by atoms with van der Waals surface area (Å²) in [5.74, 6) is -2.69. The van der Waals surface area contributed by atoms with Crippen molar-refractivity contribution in [1.82, 2.24) is 9.97 Å². The number of rotatable bonds is 3. The van der Waals surface area contributed by atoms with Crippen molar-refractivity contribution in [2.24, 2.45) is 0 Å². The molecular weight excluding hydrogens is 374 g/mol. The maximum absolute atomic E-state index is 13.4. The number of nitrogens with one attached hydrogen (secondary N) is 1. The number of benzene rings is 1. The molecular formula is C16H9F4N3O2S. The highest BCUT2D eigenvalue weighted by atomic mass is 32.2. The molecule has 0 spiro atoms. The molecule has 0 atom stereocenters. The molecule has 1 aromatic carbocycles. The summed E-state index contributed by atoms with van der Waals surface area (Å²) in [6.45, 7) is 0. The number of thioether (sulfide) groups is 1. The lowest BCUT2D eigenvalue weighted by molar-refractivity contribution is -0.139. The number of halogens is 4. The lowest BCUT2D eigenvalue weighted by Crippen LogP contribution is -2.27. The summed E-state index contributed by atoms with van der Waals surface area (Å²) in [7, 11) is 0. The van der Waals surface area contributed by atoms with Gasteiger partial charge in [0.1, 0.15) is 22.9 Å². The van der Waals surface area contributed by atoms with Crippen LogP contribution in [0.2, 0.25) is 0 Å². The first-order valence-corrected chi connectivity index (χ1v) is 8.29. The zero-order chi connectivity index (χ0) is 19.1. The van der Waals surface area contributed by atoms with Gasteiger partial charge in [-0.1, -0.05) is 0 Å². The fourth-order valence-corrected chi connectivity index (χ4v) is 3.02. The van der Waals surface area contributed by atoms with Crippen LogP contribution in [-0.2, 0) is 6.18 Å². The third-order valence-electron chi connectivity index (χ3n) is 3.53. The SMILES string of the molecule is CSC1=C(Nc2ccc(F)c(C(F)(F)F)c2)C(=O)c2nccnc2C1=O. The van der Waals surface area contributed by atoms with E-state index in [-0.39, 0.29) is 27.7 Å². The zero-order valence-electron chi connectivity index (χ0n) is 13.0. The Morgan fingerprint density at radius 2 is 1.65 bits per heavy atom. The molecule has 2 aromatic rings. The van der Waals surface area contributed by atoms with Gasteiger partial charge in [-0.05, 0) is 24.5 Å². The normalized spacial score (nSPS) is 14.5. The lowest BCUT2D eigenvalue weighted by Gasteiger charge is -2.20. The summed E-state index contributed by atoms with van der Waals surface area (Å²) in [6.07, 6.45) is -0.875. The summed E-state index contributed by atoms with van der Waals surface area (Å²) < 4.78 is 52.0. The van der Waals surface area contributed by atoms with Crippen molar-refractivity contribution in [2.45, 2.75) is 6.18 Å². The van der Waals surface area contributed by atoms with Crippen LogP contribution < -0.4 is 5.32 Å². The van der Waals surface area contributed by atoms with Crippen molar-refractivity contribution >= 4 is 29.0 Å². The van der Waals surface area contributed by atoms with Crippen LogP contribution in [0.15, 0.2) is 41.2 Å². The summed E-state index contributed by atoms with van der Waals surface area (Å²) in [4.78, 5) is 32.7. The van der Waals surface area contributed by atoms with Crippen LogP contribution in [0, 0.1) is 5.82 Å². The van der Waals surface area contributed by atoms with Gasteiger partial charge in [0, 0.05) is 18.1 Å². The van der Waals surface area contributed by atoms with Crippen LogP contribution in [0.5, 0.6) is 0 Å². The molecule has 0 fully saturated rings. The molecule has 3 rings (SSSR count). The highest BCUT2D eigenvalue weighted by Crippen LogP contribution is 2.35. The third-order valence-corrected chi connectivity index (χ3v) is 4.33. The van der Waals surface area contributed by atoms with Gasteiger partial charge in [0.2, 0.25) is 11.6 Å². The first kappa shape index (κ1) is 18.1. The monoisotopic (exact) mass is 383 g/mol. The van der Waals surface area contributed by atoms with E-state index in [1.54, 1.807) is 0 Å². The molecule has 1 aromatic heterocycles. The molecule has 1 heterocycles. The van der Waals surface area contributed by atoms with E-state index >= 15 is 0 Å². The molecule has 10 heteroatoms. The van der Waals surface area contributed by atoms with E-state index in [1.165, 1.54) is 18.6 Å². The smallest absolute Gasteiger partial charge is 0.351 e. The standard InChI is InChI=1S/C16H9F4N3O2S/c1-26-15-12(13(24)10-11(14(15)25)22-5-4-21-10)23-7-2-3-9(17)8(6-7)16(18,19)20/h2-6,23H,1H3. The Bertz CT molecular complexity index is 957. The second kappa shape index (κ2) is 6.52. The number of nitrogens with zero attached hydrogens (tertiary/aromatic N) is 2. The molecule has 1 aliphatic carbocycles. The molecule has 134 valence electrons. The Morgan fingerprint density at radius 3 is 2.23 bits per heavy atom. The van der Waals surface area contributed by atoms with E-state index in [0.29, 0.717) is 12.1 Å². The fraction of sp³-hybridized carbons (Fsp3) is 0.125. The minimum absolute atomic E-state index is 0.0131. The predicted molar refractivity (Wildman–Crippen MR) is 86.3 cm³/mol. The maximum Gasteiger partial charge on any atom is 0.419 e. The molecule has 5 nitrogen and oxygen atoms in total. The average molecular weight is 383 g/mol. The van der Waals surface area contributed by atoms with Gasteiger partial charge in [-0.15, -0.1) is 11.8 Å². The van der Waals surface area contributed by atoms with E-state index in [2.05, 4.69) is 15.3 Å². The number of hydrogen-bond acceptors (Lipinski definition) is 6. The van der Waals surface area contributed by atoms with Crippen molar-refractivity contribution in [2.75, 3.05) is 11.6 Å². The Balaban J connectivity index is 2.07. The predicted octanol–water partition coefficient (Wildman–Crippen LogP) is 3.70. The number of hydrogen-bond donors (Lipinski definition) is 1. The average Bonchev–Trinajstić information content (AvgIpc) is 2.60. The minimum Gasteiger partial charge on any atom is -0.351 e. The van der Waals surface area contributed by atoms with Crippen molar-refractivity contribution in [1.29, 1.82) is 0 Å². The summed E-state index contributed by atoms with van der Waals surface area (Å²) >= 11 is 0.944. The summed E-state index contributed by atoms with van der Waals surface area (Å²) in [5.41, 5.74) is -2.22. The molecule has 0 aliphatic heterocycles. The van der Waals surface area contributed by atoms with E-state index in [4.69, 9.17) is 0 Å². The number of fused-ring (bicyclic) bond motifs is 1. The second-order valence-corrected chi connectivity index (χ2v) is 5.95. The van der Waals surface area contributed by atoms with Gasteiger partial charge in [0.05, 0.1) is 10.5 Å². The number of ketones is 2. The van der Waals surface area contributed by atoms with E-state index in [1.807, 2.05) is 0 Å². The van der Waals surface area contributed by atoms with Crippen molar-refractivity contribution in [3.63, 3.8) is 0 Å². The molecule has 0 bridgehead atoms. The maximum atomic E-state index is 13.4. The Hall–Kier alpha value is -2.75. The quantitative estimate of drug-likeness (QED) is 0.815. The van der Waals surface area contributed by atoms with Gasteiger partial charge in [-0.3, -0.25) is 9.59 Å². The van der Waals surface area contributed by atoms with Crippen LogP contribution in [0.1, 0.15) is 26.5 Å². The molecule has 0 amide bonds. The van der Waals surface area contributed by atoms with Gasteiger partial charge in [0.15, 0.2) is 0 Å². The van der Waals surface area contributed by atoms with Crippen LogP contribution in [0.25, 0.3) is 0 Å². The Labute approximate surface area is 148 Å². The first-order chi connectivity index (χ1) is 12.2. The highest BCUT2D eigenvalue weighted by Gasteiger charge is 2.36. The molecule has 0 unspecified atom stereocenters. The van der Waals surface area contributed by atoms with Gasteiger partial charge >= 0.3 is 6.18 Å². The number of anilines is 1. The van der Waals surface area contributed by atoms with Crippen molar-refractivity contribution < 1.29 is 27.2 Å². The number of carbonyl (C=O) groups excluding carboxylic acids is 2. The molecule has 0 radical (unpaired) electrons. The fourth-order valence-electron chi connectivity index (χ4n) is 2.39. The third kappa shape index (κ3) is 3.07. The highest BCUT2D eigenvalue weighted by molar-refractivity contribution is 8.03. The molecule has 26 heavy (non-hydrogen) atoms. The zero-order valence-corrected chi connectivity index (χ0v) is 13.8. The van der Waals surface area contributed by atoms with E-state index in [0.717, 1.165) is 17.8 Å². The van der Waals surface area contributed by atoms with Crippen LogP contribution >= 0.6 is 11.8 Å². The topological polar surface area (TPSA) is 72.0 Å². The molecule has 1 aliphatic rings. The van der Waals surface area contributed by atoms with E-state index < -0.39 is 29.1 Å². The molecule has 1 N–H and O–H groups in total. The molecule has 0 saturated carbocycles. The second-order valence-electron chi connectivity index (χ2n) is 5.14. The van der Waals surface area contributed by atoms with Gasteiger partial charge < -0.3 is 5.32 Å². The molecule has 0 saturated heterocycles. The van der Waals surface area contributed by atoms with E-state index in [9.17, 15) is 27.2 Å². The van der Waals surface area contributed by atoms with Gasteiger partial charge in [0.25, 0.3) is 0 Å². The minimum atomic E-state index is -4.90. The van der Waals surface area contributed by atoms with Crippen LogP contribution in [-0.4, -0.2) is 27.8 Å². The van der Waals surface area contributed by atoms with Crippen molar-refractivity contribution in [3.05, 3.63) is 64.0 Å². The Kier molecular flexibility index (Phi) is 4.53. The lowest BCUT2D eigenvalue weighted by atomic mass is 10.0. The Morgan fingerprint density at radius 1 is 1.04 bits per heavy atom. The van der Waals surface area contributed by atoms with Crippen molar-refractivity contribution in [3.8, 4) is 0 Å². The number of alkyl halides is 3. The van der Waals surface area contributed by atoms with Gasteiger partial charge in [-0.2, -0.15) is 13.2 Å². The summed E-state index contributed by atoms with van der Waals surface area (Å²) in [5, 5.41) is 2.50. The largest absolute Gasteiger partial charge is 0.419 e. The van der Waals surface area contributed by atoms with Crippen LogP contribution in [0.3, 0.4) is 0 Å².